The van der Waals surface area contributed by atoms with Gasteiger partial charge >= 0.3 is 0 Å². The van der Waals surface area contributed by atoms with E-state index in [9.17, 15) is 13.2 Å². The number of aryl methyl sites for hydroxylation is 1. The molecule has 0 fully saturated rings. The molecular weight excluding hydrogens is 382 g/mol. The van der Waals surface area contributed by atoms with Crippen molar-refractivity contribution in [3.63, 3.8) is 0 Å². The molecule has 2 N–H and O–H groups in total. The molecule has 1 heterocycles. The summed E-state index contributed by atoms with van der Waals surface area (Å²) in [6, 6.07) is 16.2. The summed E-state index contributed by atoms with van der Waals surface area (Å²) in [7, 11) is -3.69. The Balaban J connectivity index is 1.58. The van der Waals surface area contributed by atoms with E-state index in [2.05, 4.69) is 15.0 Å². The molecule has 0 saturated carbocycles. The highest BCUT2D eigenvalue weighted by atomic mass is 32.2. The highest BCUT2D eigenvalue weighted by Gasteiger charge is 2.16. The molecule has 8 heteroatoms. The van der Waals surface area contributed by atoms with E-state index in [4.69, 9.17) is 0 Å². The van der Waals surface area contributed by atoms with Gasteiger partial charge in [-0.25, -0.2) is 13.4 Å². The molecule has 0 aliphatic carbocycles. The van der Waals surface area contributed by atoms with E-state index >= 15 is 0 Å². The summed E-state index contributed by atoms with van der Waals surface area (Å²) in [5.41, 5.74) is 2.51. The zero-order valence-electron chi connectivity index (χ0n) is 14.7. The number of hydrogen-bond acceptors (Lipinski definition) is 5. The summed E-state index contributed by atoms with van der Waals surface area (Å²) in [5.74, 6) is -0.169. The topological polar surface area (TPSA) is 88.2 Å². The molecule has 1 aromatic heterocycles. The molecule has 0 unspecified atom stereocenters. The number of thiazole rings is 1. The Morgan fingerprint density at radius 1 is 1.07 bits per heavy atom. The number of aromatic nitrogens is 1. The number of carbonyl (C=O) groups excluding carboxylic acids is 1. The molecule has 3 aromatic rings. The Kier molecular flexibility index (Phi) is 5.88. The highest BCUT2D eigenvalue weighted by molar-refractivity contribution is 7.93. The van der Waals surface area contributed by atoms with Gasteiger partial charge in [-0.05, 0) is 24.6 Å². The molecule has 3 rings (SSSR count). The molecule has 0 spiro atoms. The number of nitrogens with zero attached hydrogens (tertiary/aromatic N) is 1. The summed E-state index contributed by atoms with van der Waals surface area (Å²) >= 11 is 1.15. The molecule has 0 aliphatic rings. The first-order valence-electron chi connectivity index (χ1n) is 8.27. The van der Waals surface area contributed by atoms with Gasteiger partial charge in [0.1, 0.15) is 0 Å². The van der Waals surface area contributed by atoms with Crippen LogP contribution in [-0.4, -0.2) is 19.3 Å². The lowest BCUT2D eigenvalue weighted by molar-refractivity contribution is -0.120. The van der Waals surface area contributed by atoms with Gasteiger partial charge in [-0.2, -0.15) is 0 Å². The van der Waals surface area contributed by atoms with Gasteiger partial charge in [0.2, 0.25) is 5.91 Å². The quantitative estimate of drug-likeness (QED) is 0.637. The lowest BCUT2D eigenvalue weighted by Gasteiger charge is -2.05. The Morgan fingerprint density at radius 2 is 1.78 bits per heavy atom. The molecule has 0 atom stereocenters. The van der Waals surface area contributed by atoms with Crippen LogP contribution in [0.15, 0.2) is 64.9 Å². The van der Waals surface area contributed by atoms with Crippen LogP contribution < -0.4 is 10.0 Å². The van der Waals surface area contributed by atoms with Gasteiger partial charge in [-0.1, -0.05) is 48.0 Å². The van der Waals surface area contributed by atoms with Gasteiger partial charge in [0, 0.05) is 11.9 Å². The minimum Gasteiger partial charge on any atom is -0.352 e. The minimum atomic E-state index is -3.69. The Labute approximate surface area is 162 Å². The second-order valence-electron chi connectivity index (χ2n) is 6.00. The number of sulfonamides is 1. The lowest BCUT2D eigenvalue weighted by Crippen LogP contribution is -2.24. The first kappa shape index (κ1) is 19.1. The maximum absolute atomic E-state index is 12.4. The second kappa shape index (κ2) is 8.32. The zero-order chi connectivity index (χ0) is 19.3. The van der Waals surface area contributed by atoms with Crippen molar-refractivity contribution in [1.82, 2.24) is 10.3 Å². The standard InChI is InChI=1S/C19H19N3O3S2/c1-14-7-9-17(10-8-14)27(24,25)22-19-21-16(13-26-19)11-18(23)20-12-15-5-3-2-4-6-15/h2-10,13H,11-12H2,1H3,(H,20,23)(H,21,22). The van der Waals surface area contributed by atoms with Crippen LogP contribution in [0.3, 0.4) is 0 Å². The second-order valence-corrected chi connectivity index (χ2v) is 8.54. The normalized spacial score (nSPS) is 11.1. The van der Waals surface area contributed by atoms with Crippen molar-refractivity contribution in [2.75, 3.05) is 4.72 Å². The number of benzene rings is 2. The van der Waals surface area contributed by atoms with Crippen LogP contribution in [0.5, 0.6) is 0 Å². The van der Waals surface area contributed by atoms with E-state index in [1.165, 1.54) is 0 Å². The van der Waals surface area contributed by atoms with Gasteiger partial charge in [0.05, 0.1) is 17.0 Å². The first-order chi connectivity index (χ1) is 12.9. The molecule has 0 radical (unpaired) electrons. The van der Waals surface area contributed by atoms with E-state index in [1.54, 1.807) is 29.6 Å². The third-order valence-electron chi connectivity index (χ3n) is 3.78. The van der Waals surface area contributed by atoms with Gasteiger partial charge in [-0.3, -0.25) is 9.52 Å². The summed E-state index contributed by atoms with van der Waals surface area (Å²) in [4.78, 5) is 16.4. The number of hydrogen-bond donors (Lipinski definition) is 2. The smallest absolute Gasteiger partial charge is 0.263 e. The van der Waals surface area contributed by atoms with Crippen LogP contribution in [0.1, 0.15) is 16.8 Å². The SMILES string of the molecule is Cc1ccc(S(=O)(=O)Nc2nc(CC(=O)NCc3ccccc3)cs2)cc1. The van der Waals surface area contributed by atoms with Crippen LogP contribution in [-0.2, 0) is 27.8 Å². The Bertz CT molecular complexity index is 1010. The molecule has 2 aromatic carbocycles. The molecule has 1 amide bonds. The van der Waals surface area contributed by atoms with Gasteiger partial charge < -0.3 is 5.32 Å². The summed E-state index contributed by atoms with van der Waals surface area (Å²) in [5, 5.41) is 4.74. The molecule has 6 nitrogen and oxygen atoms in total. The predicted molar refractivity (Wildman–Crippen MR) is 106 cm³/mol. The minimum absolute atomic E-state index is 0.0929. The summed E-state index contributed by atoms with van der Waals surface area (Å²) in [6.07, 6.45) is 0.0929. The van der Waals surface area contributed by atoms with Crippen molar-refractivity contribution < 1.29 is 13.2 Å². The van der Waals surface area contributed by atoms with Gasteiger partial charge in [-0.15, -0.1) is 11.3 Å². The molecule has 0 bridgehead atoms. The van der Waals surface area contributed by atoms with Crippen molar-refractivity contribution in [1.29, 1.82) is 0 Å². The van der Waals surface area contributed by atoms with E-state index in [0.717, 1.165) is 22.5 Å². The van der Waals surface area contributed by atoms with E-state index in [-0.39, 0.29) is 22.4 Å². The molecule has 0 aliphatic heterocycles. The molecule has 140 valence electrons. The third-order valence-corrected chi connectivity index (χ3v) is 6.07. The average Bonchev–Trinajstić information content (AvgIpc) is 3.07. The molecule has 0 saturated heterocycles. The van der Waals surface area contributed by atoms with Crippen molar-refractivity contribution in [3.05, 3.63) is 76.8 Å². The van der Waals surface area contributed by atoms with Crippen LogP contribution in [0.4, 0.5) is 5.13 Å². The maximum atomic E-state index is 12.4. The number of anilines is 1. The number of rotatable bonds is 7. The van der Waals surface area contributed by atoms with E-state index in [1.807, 2.05) is 37.3 Å². The van der Waals surface area contributed by atoms with Crippen molar-refractivity contribution in [2.24, 2.45) is 0 Å². The fourth-order valence-electron chi connectivity index (χ4n) is 2.35. The van der Waals surface area contributed by atoms with E-state index < -0.39 is 10.0 Å². The number of amides is 1. The summed E-state index contributed by atoms with van der Waals surface area (Å²) < 4.78 is 27.2. The third kappa shape index (κ3) is 5.38. The molecular formula is C19H19N3O3S2. The fraction of sp³-hybridized carbons (Fsp3) is 0.158. The van der Waals surface area contributed by atoms with Gasteiger partial charge in [0.15, 0.2) is 5.13 Å². The van der Waals surface area contributed by atoms with Crippen LogP contribution in [0.25, 0.3) is 0 Å². The first-order valence-corrected chi connectivity index (χ1v) is 10.6. The zero-order valence-corrected chi connectivity index (χ0v) is 16.3. The largest absolute Gasteiger partial charge is 0.352 e. The van der Waals surface area contributed by atoms with Crippen molar-refractivity contribution in [2.45, 2.75) is 24.8 Å². The van der Waals surface area contributed by atoms with E-state index in [0.29, 0.717) is 12.2 Å². The summed E-state index contributed by atoms with van der Waals surface area (Å²) in [6.45, 7) is 2.33. The van der Waals surface area contributed by atoms with Crippen LogP contribution >= 0.6 is 11.3 Å². The average molecular weight is 402 g/mol. The van der Waals surface area contributed by atoms with Gasteiger partial charge in [0.25, 0.3) is 10.0 Å². The monoisotopic (exact) mass is 401 g/mol. The predicted octanol–water partition coefficient (Wildman–Crippen LogP) is 3.11. The lowest BCUT2D eigenvalue weighted by atomic mass is 10.2. The highest BCUT2D eigenvalue weighted by Crippen LogP contribution is 2.20. The Hall–Kier alpha value is -2.71. The van der Waals surface area contributed by atoms with Crippen LogP contribution in [0.2, 0.25) is 0 Å². The van der Waals surface area contributed by atoms with Crippen molar-refractivity contribution >= 4 is 32.4 Å². The fourth-order valence-corrected chi connectivity index (χ4v) is 4.31. The molecule has 27 heavy (non-hydrogen) atoms. The van der Waals surface area contributed by atoms with Crippen molar-refractivity contribution in [3.8, 4) is 0 Å². The Morgan fingerprint density at radius 3 is 2.48 bits per heavy atom. The maximum Gasteiger partial charge on any atom is 0.263 e. The van der Waals surface area contributed by atoms with Crippen LogP contribution in [0, 0.1) is 6.92 Å². The number of nitrogens with one attached hydrogen (secondary N) is 2. The number of carbonyl (C=O) groups is 1.